The number of anilines is 2. The van der Waals surface area contributed by atoms with Crippen LogP contribution in [0.25, 0.3) is 10.9 Å². The van der Waals surface area contributed by atoms with Crippen molar-refractivity contribution in [3.05, 3.63) is 46.3 Å². The van der Waals surface area contributed by atoms with Crippen molar-refractivity contribution >= 4 is 38.2 Å². The lowest BCUT2D eigenvalue weighted by atomic mass is 10.1. The lowest BCUT2D eigenvalue weighted by Crippen LogP contribution is -2.03. The molecule has 3 N–H and O–H groups in total. The summed E-state index contributed by atoms with van der Waals surface area (Å²) < 4.78 is 2.79. The number of aryl methyl sites for hydroxylation is 1. The molecular weight excluding hydrogens is 330 g/mol. The summed E-state index contributed by atoms with van der Waals surface area (Å²) in [5, 5.41) is 8.61. The van der Waals surface area contributed by atoms with E-state index >= 15 is 0 Å². The molecule has 0 radical (unpaired) electrons. The Hall–Kier alpha value is -2.08. The first-order chi connectivity index (χ1) is 10.1. The van der Waals surface area contributed by atoms with Crippen LogP contribution in [0.3, 0.4) is 0 Å². The number of hydrogen-bond acceptors (Lipinski definition) is 4. The molecule has 0 amide bonds. The van der Waals surface area contributed by atoms with E-state index in [1.165, 1.54) is 5.56 Å². The van der Waals surface area contributed by atoms with Gasteiger partial charge in [-0.05, 0) is 41.1 Å². The summed E-state index contributed by atoms with van der Waals surface area (Å²) in [5.41, 5.74) is 10.9. The molecule has 21 heavy (non-hydrogen) atoms. The monoisotopic (exact) mass is 345 g/mol. The molecular formula is C15H16BrN5. The minimum Gasteiger partial charge on any atom is -0.398 e. The zero-order chi connectivity index (χ0) is 15.0. The summed E-state index contributed by atoms with van der Waals surface area (Å²) in [6.07, 6.45) is 3.66. The van der Waals surface area contributed by atoms with E-state index in [9.17, 15) is 0 Å². The summed E-state index contributed by atoms with van der Waals surface area (Å²) in [6.45, 7) is 2.76. The average Bonchev–Trinajstić information content (AvgIpc) is 2.79. The number of nitrogens with two attached hydrogens (primary N) is 1. The highest BCUT2D eigenvalue weighted by Gasteiger charge is 2.08. The van der Waals surface area contributed by atoms with Gasteiger partial charge in [0.15, 0.2) is 0 Å². The SMILES string of the molecule is Cc1c(CNc2ccc(N)c3cc(Br)cnc23)cnn1C. The number of aromatic nitrogens is 3. The van der Waals surface area contributed by atoms with Crippen LogP contribution in [0.4, 0.5) is 11.4 Å². The average molecular weight is 346 g/mol. The Morgan fingerprint density at radius 2 is 2.14 bits per heavy atom. The molecule has 0 unspecified atom stereocenters. The second-order valence-electron chi connectivity index (χ2n) is 4.98. The van der Waals surface area contributed by atoms with E-state index in [2.05, 4.69) is 38.3 Å². The molecule has 0 spiro atoms. The van der Waals surface area contributed by atoms with Crippen molar-refractivity contribution in [2.24, 2.45) is 7.05 Å². The zero-order valence-corrected chi connectivity index (χ0v) is 13.5. The van der Waals surface area contributed by atoms with E-state index in [0.29, 0.717) is 6.54 Å². The first-order valence-electron chi connectivity index (χ1n) is 6.61. The molecule has 0 saturated carbocycles. The number of nitrogen functional groups attached to an aromatic ring is 1. The Kier molecular flexibility index (Phi) is 3.55. The number of halogens is 1. The fourth-order valence-corrected chi connectivity index (χ4v) is 2.60. The summed E-state index contributed by atoms with van der Waals surface area (Å²) in [5.74, 6) is 0. The van der Waals surface area contributed by atoms with Gasteiger partial charge in [-0.15, -0.1) is 0 Å². The predicted molar refractivity (Wildman–Crippen MR) is 89.1 cm³/mol. The van der Waals surface area contributed by atoms with Crippen LogP contribution >= 0.6 is 15.9 Å². The van der Waals surface area contributed by atoms with Gasteiger partial charge in [0.05, 0.1) is 17.4 Å². The van der Waals surface area contributed by atoms with E-state index in [1.807, 2.05) is 36.1 Å². The molecule has 0 aliphatic carbocycles. The molecule has 1 aromatic carbocycles. The predicted octanol–water partition coefficient (Wildman–Crippen LogP) is 3.23. The Balaban J connectivity index is 1.94. The normalized spacial score (nSPS) is 11.0. The van der Waals surface area contributed by atoms with Crippen molar-refractivity contribution < 1.29 is 0 Å². The standard InChI is InChI=1S/C15H16BrN5/c1-9-10(7-20-21(9)2)6-18-14-4-3-13(17)12-5-11(16)8-19-15(12)14/h3-5,7-8,18H,6,17H2,1-2H3. The summed E-state index contributed by atoms with van der Waals surface area (Å²) in [7, 11) is 1.94. The van der Waals surface area contributed by atoms with Gasteiger partial charge in [0, 0.05) is 46.6 Å². The van der Waals surface area contributed by atoms with Crippen LogP contribution in [0.1, 0.15) is 11.3 Å². The summed E-state index contributed by atoms with van der Waals surface area (Å²) in [4.78, 5) is 4.47. The lowest BCUT2D eigenvalue weighted by molar-refractivity contribution is 0.738. The van der Waals surface area contributed by atoms with Crippen LogP contribution in [-0.2, 0) is 13.6 Å². The maximum Gasteiger partial charge on any atom is 0.0954 e. The minimum absolute atomic E-state index is 0.705. The molecule has 2 aromatic heterocycles. The third-order valence-electron chi connectivity index (χ3n) is 3.66. The fraction of sp³-hybridized carbons (Fsp3) is 0.200. The highest BCUT2D eigenvalue weighted by Crippen LogP contribution is 2.29. The van der Waals surface area contributed by atoms with Crippen LogP contribution in [0.15, 0.2) is 35.1 Å². The first-order valence-corrected chi connectivity index (χ1v) is 7.40. The Labute approximate surface area is 131 Å². The smallest absolute Gasteiger partial charge is 0.0954 e. The quantitative estimate of drug-likeness (QED) is 0.715. The minimum atomic E-state index is 0.705. The van der Waals surface area contributed by atoms with Crippen LogP contribution in [0.5, 0.6) is 0 Å². The van der Waals surface area contributed by atoms with E-state index in [4.69, 9.17) is 5.73 Å². The fourth-order valence-electron chi connectivity index (χ4n) is 2.27. The number of pyridine rings is 1. The van der Waals surface area contributed by atoms with Crippen molar-refractivity contribution in [3.8, 4) is 0 Å². The number of nitrogens with zero attached hydrogens (tertiary/aromatic N) is 3. The molecule has 0 aliphatic rings. The Morgan fingerprint density at radius 3 is 2.86 bits per heavy atom. The Morgan fingerprint density at radius 1 is 1.33 bits per heavy atom. The van der Waals surface area contributed by atoms with E-state index in [0.717, 1.165) is 32.4 Å². The van der Waals surface area contributed by atoms with E-state index in [1.54, 1.807) is 6.20 Å². The van der Waals surface area contributed by atoms with Crippen LogP contribution in [0.2, 0.25) is 0 Å². The van der Waals surface area contributed by atoms with Crippen molar-refractivity contribution in [3.63, 3.8) is 0 Å². The molecule has 0 atom stereocenters. The second-order valence-corrected chi connectivity index (χ2v) is 5.90. The molecule has 3 aromatic rings. The molecule has 5 nitrogen and oxygen atoms in total. The topological polar surface area (TPSA) is 68.8 Å². The van der Waals surface area contributed by atoms with E-state index < -0.39 is 0 Å². The van der Waals surface area contributed by atoms with E-state index in [-0.39, 0.29) is 0 Å². The largest absolute Gasteiger partial charge is 0.398 e. The van der Waals surface area contributed by atoms with Crippen molar-refractivity contribution in [1.82, 2.24) is 14.8 Å². The summed E-state index contributed by atoms with van der Waals surface area (Å²) >= 11 is 3.43. The van der Waals surface area contributed by atoms with Gasteiger partial charge in [-0.3, -0.25) is 9.67 Å². The van der Waals surface area contributed by atoms with Crippen molar-refractivity contribution in [1.29, 1.82) is 0 Å². The maximum absolute atomic E-state index is 6.03. The van der Waals surface area contributed by atoms with Crippen molar-refractivity contribution in [2.45, 2.75) is 13.5 Å². The number of fused-ring (bicyclic) bond motifs is 1. The summed E-state index contributed by atoms with van der Waals surface area (Å²) in [6, 6.07) is 5.84. The number of nitrogens with one attached hydrogen (secondary N) is 1. The molecule has 2 heterocycles. The van der Waals surface area contributed by atoms with Gasteiger partial charge in [0.25, 0.3) is 0 Å². The van der Waals surface area contributed by atoms with Gasteiger partial charge in [-0.2, -0.15) is 5.10 Å². The molecule has 0 fully saturated rings. The number of rotatable bonds is 3. The number of benzene rings is 1. The van der Waals surface area contributed by atoms with Gasteiger partial charge in [0.1, 0.15) is 0 Å². The van der Waals surface area contributed by atoms with Crippen molar-refractivity contribution in [2.75, 3.05) is 11.1 Å². The van der Waals surface area contributed by atoms with Crippen LogP contribution in [-0.4, -0.2) is 14.8 Å². The third-order valence-corrected chi connectivity index (χ3v) is 4.09. The number of hydrogen-bond donors (Lipinski definition) is 2. The van der Waals surface area contributed by atoms with Crippen LogP contribution in [0, 0.1) is 6.92 Å². The molecule has 0 aliphatic heterocycles. The first kappa shape index (κ1) is 13.9. The van der Waals surface area contributed by atoms with Gasteiger partial charge < -0.3 is 11.1 Å². The molecule has 108 valence electrons. The maximum atomic E-state index is 6.03. The molecule has 0 saturated heterocycles. The van der Waals surface area contributed by atoms with Crippen LogP contribution < -0.4 is 11.1 Å². The highest BCUT2D eigenvalue weighted by molar-refractivity contribution is 9.10. The van der Waals surface area contributed by atoms with Gasteiger partial charge in [0.2, 0.25) is 0 Å². The highest BCUT2D eigenvalue weighted by atomic mass is 79.9. The van der Waals surface area contributed by atoms with Gasteiger partial charge in [-0.25, -0.2) is 0 Å². The second kappa shape index (κ2) is 5.37. The zero-order valence-electron chi connectivity index (χ0n) is 11.9. The lowest BCUT2D eigenvalue weighted by Gasteiger charge is -2.11. The third kappa shape index (κ3) is 2.58. The van der Waals surface area contributed by atoms with Gasteiger partial charge >= 0.3 is 0 Å². The van der Waals surface area contributed by atoms with Gasteiger partial charge in [-0.1, -0.05) is 0 Å². The molecule has 0 bridgehead atoms. The molecule has 3 rings (SSSR count). The Bertz CT molecular complexity index is 809. The molecule has 6 heteroatoms.